The number of ether oxygens (including phenoxy) is 1. The van der Waals surface area contributed by atoms with Gasteiger partial charge in [-0.1, -0.05) is 0 Å². The topological polar surface area (TPSA) is 34.1 Å². The van der Waals surface area contributed by atoms with Gasteiger partial charge in [0.2, 0.25) is 0 Å². The van der Waals surface area contributed by atoms with Crippen molar-refractivity contribution in [1.82, 2.24) is 10.3 Å². The van der Waals surface area contributed by atoms with Gasteiger partial charge in [-0.15, -0.1) is 0 Å². The van der Waals surface area contributed by atoms with E-state index in [1.807, 2.05) is 19.1 Å². The second kappa shape index (κ2) is 5.59. The minimum absolute atomic E-state index is 0.281. The highest BCUT2D eigenvalue weighted by Crippen LogP contribution is 2.26. The van der Waals surface area contributed by atoms with E-state index >= 15 is 0 Å². The summed E-state index contributed by atoms with van der Waals surface area (Å²) in [5.74, 6) is 0.879. The second-order valence-corrected chi connectivity index (χ2v) is 5.14. The minimum atomic E-state index is -0.281. The van der Waals surface area contributed by atoms with Crippen molar-refractivity contribution in [2.45, 2.75) is 32.4 Å². The molecule has 0 unspecified atom stereocenters. The Kier molecular flexibility index (Phi) is 3.65. The molecule has 0 amide bonds. The maximum Gasteiger partial charge on any atom is 0.148 e. The van der Waals surface area contributed by atoms with Gasteiger partial charge in [0, 0.05) is 24.8 Å². The first-order valence-corrected chi connectivity index (χ1v) is 6.83. The fraction of sp³-hybridized carbons (Fsp3) is 0.312. The van der Waals surface area contributed by atoms with Crippen molar-refractivity contribution in [3.8, 4) is 11.5 Å². The van der Waals surface area contributed by atoms with E-state index in [-0.39, 0.29) is 5.82 Å². The van der Waals surface area contributed by atoms with Crippen molar-refractivity contribution in [2.75, 3.05) is 0 Å². The number of nitrogens with zero attached hydrogens (tertiary/aromatic N) is 1. The van der Waals surface area contributed by atoms with Crippen LogP contribution in [0.3, 0.4) is 0 Å². The Balaban J connectivity index is 1.76. The molecule has 0 spiro atoms. The number of aryl methyl sites for hydroxylation is 1. The van der Waals surface area contributed by atoms with E-state index in [0.717, 1.165) is 11.3 Å². The molecule has 2 aromatic rings. The number of aromatic nitrogens is 1. The highest BCUT2D eigenvalue weighted by atomic mass is 19.1. The van der Waals surface area contributed by atoms with Crippen molar-refractivity contribution in [3.05, 3.63) is 53.6 Å². The van der Waals surface area contributed by atoms with Gasteiger partial charge in [0.25, 0.3) is 0 Å². The molecule has 0 aliphatic heterocycles. The van der Waals surface area contributed by atoms with Crippen LogP contribution < -0.4 is 10.1 Å². The van der Waals surface area contributed by atoms with Gasteiger partial charge in [0.05, 0.1) is 5.69 Å². The molecule has 1 aromatic heterocycles. The van der Waals surface area contributed by atoms with E-state index in [1.165, 1.54) is 18.9 Å². The number of hydrogen-bond acceptors (Lipinski definition) is 3. The van der Waals surface area contributed by atoms with Crippen LogP contribution in [-0.2, 0) is 6.54 Å². The predicted octanol–water partition coefficient (Wildman–Crippen LogP) is 3.57. The third-order valence-electron chi connectivity index (χ3n) is 3.29. The smallest absolute Gasteiger partial charge is 0.148 e. The summed E-state index contributed by atoms with van der Waals surface area (Å²) in [5.41, 5.74) is 1.68. The van der Waals surface area contributed by atoms with Crippen molar-refractivity contribution in [3.63, 3.8) is 0 Å². The third kappa shape index (κ3) is 3.33. The Labute approximate surface area is 117 Å². The molecule has 0 bridgehead atoms. The van der Waals surface area contributed by atoms with Crippen LogP contribution in [0.15, 0.2) is 36.5 Å². The van der Waals surface area contributed by atoms with Crippen molar-refractivity contribution < 1.29 is 9.13 Å². The number of halogens is 1. The van der Waals surface area contributed by atoms with Gasteiger partial charge in [0.15, 0.2) is 0 Å². The lowest BCUT2D eigenvalue weighted by atomic mass is 10.2. The molecule has 0 radical (unpaired) electrons. The molecule has 1 saturated carbocycles. The molecule has 1 aromatic carbocycles. The first-order chi connectivity index (χ1) is 9.70. The highest BCUT2D eigenvalue weighted by molar-refractivity contribution is 5.36. The molecule has 0 saturated heterocycles. The quantitative estimate of drug-likeness (QED) is 0.903. The number of pyridine rings is 1. The Morgan fingerprint density at radius 3 is 2.95 bits per heavy atom. The van der Waals surface area contributed by atoms with E-state index in [2.05, 4.69) is 10.3 Å². The van der Waals surface area contributed by atoms with Crippen LogP contribution in [0.4, 0.5) is 4.39 Å². The molecule has 1 aliphatic rings. The lowest BCUT2D eigenvalue weighted by Crippen LogP contribution is -2.15. The molecule has 3 nitrogen and oxygen atoms in total. The van der Waals surface area contributed by atoms with Crippen LogP contribution in [-0.4, -0.2) is 11.0 Å². The molecular weight excluding hydrogens is 255 g/mol. The van der Waals surface area contributed by atoms with Gasteiger partial charge in [-0.3, -0.25) is 4.98 Å². The molecule has 3 rings (SSSR count). The lowest BCUT2D eigenvalue weighted by Gasteiger charge is -2.10. The first kappa shape index (κ1) is 13.1. The molecule has 20 heavy (non-hydrogen) atoms. The summed E-state index contributed by atoms with van der Waals surface area (Å²) >= 11 is 0. The lowest BCUT2D eigenvalue weighted by molar-refractivity contribution is 0.468. The average Bonchev–Trinajstić information content (AvgIpc) is 3.23. The van der Waals surface area contributed by atoms with Crippen LogP contribution in [0, 0.1) is 12.7 Å². The molecular formula is C16H17FN2O. The van der Waals surface area contributed by atoms with Gasteiger partial charge in [-0.05, 0) is 49.6 Å². The van der Waals surface area contributed by atoms with Gasteiger partial charge in [0.1, 0.15) is 17.3 Å². The summed E-state index contributed by atoms with van der Waals surface area (Å²) in [4.78, 5) is 4.16. The Hall–Kier alpha value is -1.94. The van der Waals surface area contributed by atoms with E-state index < -0.39 is 0 Å². The summed E-state index contributed by atoms with van der Waals surface area (Å²) in [6.07, 6.45) is 4.14. The van der Waals surface area contributed by atoms with Crippen molar-refractivity contribution in [1.29, 1.82) is 0 Å². The molecule has 1 aliphatic carbocycles. The van der Waals surface area contributed by atoms with Crippen LogP contribution in [0.1, 0.15) is 24.1 Å². The van der Waals surface area contributed by atoms with Crippen molar-refractivity contribution >= 4 is 0 Å². The summed E-state index contributed by atoms with van der Waals surface area (Å²) in [6.45, 7) is 2.54. The molecule has 0 atom stereocenters. The Morgan fingerprint density at radius 2 is 2.20 bits per heavy atom. The zero-order chi connectivity index (χ0) is 13.9. The van der Waals surface area contributed by atoms with Crippen LogP contribution in [0.25, 0.3) is 0 Å². The second-order valence-electron chi connectivity index (χ2n) is 5.14. The summed E-state index contributed by atoms with van der Waals surface area (Å²) in [7, 11) is 0. The normalized spacial score (nSPS) is 14.3. The maximum atomic E-state index is 13.6. The van der Waals surface area contributed by atoms with Crippen LogP contribution >= 0.6 is 0 Å². The van der Waals surface area contributed by atoms with E-state index in [0.29, 0.717) is 24.1 Å². The predicted molar refractivity (Wildman–Crippen MR) is 75.3 cm³/mol. The Morgan fingerprint density at radius 1 is 1.35 bits per heavy atom. The van der Waals surface area contributed by atoms with E-state index in [4.69, 9.17) is 4.74 Å². The average molecular weight is 272 g/mol. The van der Waals surface area contributed by atoms with Gasteiger partial charge < -0.3 is 10.1 Å². The van der Waals surface area contributed by atoms with Crippen molar-refractivity contribution in [2.24, 2.45) is 0 Å². The zero-order valence-electron chi connectivity index (χ0n) is 11.4. The van der Waals surface area contributed by atoms with Gasteiger partial charge in [-0.2, -0.15) is 0 Å². The first-order valence-electron chi connectivity index (χ1n) is 6.83. The minimum Gasteiger partial charge on any atom is -0.455 e. The molecule has 4 heteroatoms. The number of benzene rings is 1. The van der Waals surface area contributed by atoms with Crippen LogP contribution in [0.5, 0.6) is 11.5 Å². The third-order valence-corrected chi connectivity index (χ3v) is 3.29. The number of hydrogen-bond donors (Lipinski definition) is 1. The Bertz CT molecular complexity index is 611. The summed E-state index contributed by atoms with van der Waals surface area (Å²) in [6, 6.07) is 9.03. The number of nitrogens with one attached hydrogen (secondary N) is 1. The van der Waals surface area contributed by atoms with Gasteiger partial charge >= 0.3 is 0 Å². The summed E-state index contributed by atoms with van der Waals surface area (Å²) < 4.78 is 19.4. The van der Waals surface area contributed by atoms with E-state index in [9.17, 15) is 4.39 Å². The largest absolute Gasteiger partial charge is 0.455 e. The highest BCUT2D eigenvalue weighted by Gasteiger charge is 2.20. The van der Waals surface area contributed by atoms with E-state index in [1.54, 1.807) is 18.3 Å². The summed E-state index contributed by atoms with van der Waals surface area (Å²) in [5, 5.41) is 3.37. The standard InChI is InChI=1S/C16H17FN2O/c1-11-16(3-2-6-18-11)20-15-8-12(7-13(17)9-15)10-19-14-4-5-14/h2-3,6-9,14,19H,4-5,10H2,1H3. The van der Waals surface area contributed by atoms with Crippen LogP contribution in [0.2, 0.25) is 0 Å². The fourth-order valence-electron chi connectivity index (χ4n) is 2.04. The molecule has 1 heterocycles. The number of rotatable bonds is 5. The fourth-order valence-corrected chi connectivity index (χ4v) is 2.04. The molecule has 1 N–H and O–H groups in total. The SMILES string of the molecule is Cc1ncccc1Oc1cc(F)cc(CNC2CC2)c1. The zero-order valence-corrected chi connectivity index (χ0v) is 11.4. The maximum absolute atomic E-state index is 13.6. The molecule has 1 fully saturated rings. The monoisotopic (exact) mass is 272 g/mol. The van der Waals surface area contributed by atoms with Gasteiger partial charge in [-0.25, -0.2) is 4.39 Å². The molecule has 104 valence electrons.